The largest absolute Gasteiger partial charge is 0.573 e. The van der Waals surface area contributed by atoms with Crippen LogP contribution in [0, 0.1) is 0 Å². The molecule has 2 rings (SSSR count). The van der Waals surface area contributed by atoms with Gasteiger partial charge in [-0.1, -0.05) is 6.07 Å². The van der Waals surface area contributed by atoms with Gasteiger partial charge in [-0.25, -0.2) is 5.84 Å². The SMILES string of the molecule is C[C@H](CC=O)N(N)c1nc(Nc2cccc(OC(F)(F)F)c2)c(C(N)=O)c(=O)[nH]1. The van der Waals surface area contributed by atoms with Gasteiger partial charge in [-0.3, -0.25) is 19.6 Å². The van der Waals surface area contributed by atoms with Crippen LogP contribution in [0.3, 0.4) is 0 Å². The first-order valence-corrected chi connectivity index (χ1v) is 8.06. The van der Waals surface area contributed by atoms with Crippen molar-refractivity contribution in [2.75, 3.05) is 10.3 Å². The summed E-state index contributed by atoms with van der Waals surface area (Å²) in [6, 6.07) is 4.10. The lowest BCUT2D eigenvalue weighted by molar-refractivity contribution is -0.274. The Morgan fingerprint density at radius 3 is 2.72 bits per heavy atom. The van der Waals surface area contributed by atoms with Gasteiger partial charge in [0.05, 0.1) is 6.04 Å². The number of alkyl halides is 3. The number of aldehydes is 1. The van der Waals surface area contributed by atoms with E-state index >= 15 is 0 Å². The van der Waals surface area contributed by atoms with E-state index in [1.54, 1.807) is 6.92 Å². The Morgan fingerprint density at radius 1 is 1.45 bits per heavy atom. The van der Waals surface area contributed by atoms with E-state index in [0.717, 1.165) is 17.1 Å². The highest BCUT2D eigenvalue weighted by Crippen LogP contribution is 2.27. The van der Waals surface area contributed by atoms with E-state index in [4.69, 9.17) is 11.6 Å². The van der Waals surface area contributed by atoms with Crippen molar-refractivity contribution in [1.29, 1.82) is 0 Å². The minimum atomic E-state index is -4.90. The van der Waals surface area contributed by atoms with Gasteiger partial charge in [-0.15, -0.1) is 13.2 Å². The third kappa shape index (κ3) is 5.68. The summed E-state index contributed by atoms with van der Waals surface area (Å²) >= 11 is 0. The third-order valence-electron chi connectivity index (χ3n) is 3.64. The molecule has 0 bridgehead atoms. The molecule has 1 heterocycles. The number of carbonyl (C=O) groups is 2. The van der Waals surface area contributed by atoms with Crippen molar-refractivity contribution < 1.29 is 27.5 Å². The zero-order chi connectivity index (χ0) is 21.8. The molecule has 1 aromatic heterocycles. The summed E-state index contributed by atoms with van der Waals surface area (Å²) in [4.78, 5) is 40.9. The molecule has 1 atom stereocenters. The fourth-order valence-corrected chi connectivity index (χ4v) is 2.27. The first-order valence-electron chi connectivity index (χ1n) is 8.06. The van der Waals surface area contributed by atoms with Gasteiger partial charge >= 0.3 is 6.36 Å². The Bertz CT molecular complexity index is 962. The van der Waals surface area contributed by atoms with Gasteiger partial charge in [0.25, 0.3) is 11.5 Å². The monoisotopic (exact) mass is 414 g/mol. The Hall–Kier alpha value is -3.61. The molecule has 0 unspecified atom stereocenters. The highest BCUT2D eigenvalue weighted by Gasteiger charge is 2.31. The Morgan fingerprint density at radius 2 is 2.14 bits per heavy atom. The number of anilines is 3. The first kappa shape index (κ1) is 21.7. The molecule has 0 spiro atoms. The number of aromatic amines is 1. The molecular formula is C16H17F3N6O4. The molecule has 1 aromatic carbocycles. The second kappa shape index (κ2) is 8.60. The number of amides is 1. The fraction of sp³-hybridized carbons (Fsp3) is 0.250. The maximum Gasteiger partial charge on any atom is 0.573 e. The van der Waals surface area contributed by atoms with E-state index in [1.807, 2.05) is 0 Å². The van der Waals surface area contributed by atoms with Crippen LogP contribution in [-0.4, -0.2) is 34.6 Å². The van der Waals surface area contributed by atoms with Crippen LogP contribution >= 0.6 is 0 Å². The highest BCUT2D eigenvalue weighted by molar-refractivity contribution is 5.98. The quantitative estimate of drug-likeness (QED) is 0.285. The maximum atomic E-state index is 12.4. The molecule has 156 valence electrons. The number of halogens is 3. The number of nitrogens with zero attached hydrogens (tertiary/aromatic N) is 2. The van der Waals surface area contributed by atoms with E-state index in [-0.39, 0.29) is 23.9 Å². The summed E-state index contributed by atoms with van der Waals surface area (Å²) < 4.78 is 41.0. The van der Waals surface area contributed by atoms with E-state index in [2.05, 4.69) is 20.0 Å². The van der Waals surface area contributed by atoms with Gasteiger partial charge in [0, 0.05) is 18.2 Å². The summed E-state index contributed by atoms with van der Waals surface area (Å²) in [5.74, 6) is 3.64. The van der Waals surface area contributed by atoms with Crippen molar-refractivity contribution >= 4 is 29.6 Å². The van der Waals surface area contributed by atoms with Crippen LogP contribution < -0.4 is 32.2 Å². The minimum absolute atomic E-state index is 0.0252. The predicted octanol–water partition coefficient (Wildman–Crippen LogP) is 1.17. The topological polar surface area (TPSA) is 156 Å². The van der Waals surface area contributed by atoms with E-state index in [1.165, 1.54) is 12.1 Å². The molecule has 6 N–H and O–H groups in total. The van der Waals surface area contributed by atoms with Gasteiger partial charge < -0.3 is 20.6 Å². The zero-order valence-electron chi connectivity index (χ0n) is 15.0. The molecule has 0 radical (unpaired) electrons. The number of ether oxygens (including phenoxy) is 1. The van der Waals surface area contributed by atoms with Crippen LogP contribution in [0.2, 0.25) is 0 Å². The minimum Gasteiger partial charge on any atom is -0.406 e. The number of aromatic nitrogens is 2. The van der Waals surface area contributed by atoms with Gasteiger partial charge in [0.1, 0.15) is 17.6 Å². The Balaban J connectivity index is 2.45. The summed E-state index contributed by atoms with van der Waals surface area (Å²) in [5.41, 5.74) is 3.75. The second-order valence-corrected chi connectivity index (χ2v) is 5.84. The molecule has 0 saturated carbocycles. The molecule has 0 aliphatic carbocycles. The van der Waals surface area contributed by atoms with E-state index in [0.29, 0.717) is 6.29 Å². The average Bonchev–Trinajstić information content (AvgIpc) is 2.59. The molecule has 0 aliphatic rings. The number of nitrogens with two attached hydrogens (primary N) is 2. The van der Waals surface area contributed by atoms with E-state index in [9.17, 15) is 27.6 Å². The lowest BCUT2D eigenvalue weighted by atomic mass is 10.2. The number of benzene rings is 1. The average molecular weight is 414 g/mol. The summed E-state index contributed by atoms with van der Waals surface area (Å²) in [6.45, 7) is 1.58. The van der Waals surface area contributed by atoms with Crippen LogP contribution in [0.1, 0.15) is 23.7 Å². The van der Waals surface area contributed by atoms with Gasteiger partial charge in [0.15, 0.2) is 5.82 Å². The van der Waals surface area contributed by atoms with Crippen LogP contribution in [0.4, 0.5) is 30.6 Å². The van der Waals surface area contributed by atoms with Crippen LogP contribution in [0.15, 0.2) is 29.1 Å². The molecule has 13 heteroatoms. The molecule has 2 aromatic rings. The zero-order valence-corrected chi connectivity index (χ0v) is 15.0. The number of primary amides is 1. The van der Waals surface area contributed by atoms with Crippen LogP contribution in [-0.2, 0) is 4.79 Å². The van der Waals surface area contributed by atoms with Gasteiger partial charge in [-0.05, 0) is 19.1 Å². The number of hydrogen-bond donors (Lipinski definition) is 4. The molecule has 1 amide bonds. The smallest absolute Gasteiger partial charge is 0.406 e. The van der Waals surface area contributed by atoms with E-state index < -0.39 is 35.2 Å². The highest BCUT2D eigenvalue weighted by atomic mass is 19.4. The summed E-state index contributed by atoms with van der Waals surface area (Å²) in [6.07, 6.45) is -4.26. The Kier molecular flexibility index (Phi) is 6.43. The Labute approximate surface area is 161 Å². The number of rotatable bonds is 8. The number of hydrazine groups is 1. The number of hydrogen-bond acceptors (Lipinski definition) is 8. The fourth-order valence-electron chi connectivity index (χ4n) is 2.27. The van der Waals surface area contributed by atoms with Crippen molar-refractivity contribution in [3.05, 3.63) is 40.2 Å². The molecule has 0 aliphatic heterocycles. The molecular weight excluding hydrogens is 397 g/mol. The van der Waals surface area contributed by atoms with Crippen molar-refractivity contribution in [3.8, 4) is 5.75 Å². The second-order valence-electron chi connectivity index (χ2n) is 5.84. The van der Waals surface area contributed by atoms with Gasteiger partial charge in [-0.2, -0.15) is 4.98 Å². The number of H-pyrrole nitrogens is 1. The summed E-state index contributed by atoms with van der Waals surface area (Å²) in [7, 11) is 0. The lowest BCUT2D eigenvalue weighted by Gasteiger charge is -2.23. The molecule has 10 nitrogen and oxygen atoms in total. The number of carbonyl (C=O) groups excluding carboxylic acids is 2. The predicted molar refractivity (Wildman–Crippen MR) is 96.6 cm³/mol. The van der Waals surface area contributed by atoms with Crippen molar-refractivity contribution in [1.82, 2.24) is 9.97 Å². The molecule has 29 heavy (non-hydrogen) atoms. The number of nitrogens with one attached hydrogen (secondary N) is 2. The van der Waals surface area contributed by atoms with Crippen molar-refractivity contribution in [2.24, 2.45) is 11.6 Å². The van der Waals surface area contributed by atoms with Crippen LogP contribution in [0.25, 0.3) is 0 Å². The maximum absolute atomic E-state index is 12.4. The van der Waals surface area contributed by atoms with Gasteiger partial charge in [0.2, 0.25) is 5.95 Å². The van der Waals surface area contributed by atoms with Crippen LogP contribution in [0.5, 0.6) is 5.75 Å². The lowest BCUT2D eigenvalue weighted by Crippen LogP contribution is -2.42. The third-order valence-corrected chi connectivity index (χ3v) is 3.64. The molecule has 0 fully saturated rings. The standard InChI is InChI=1S/C16H17F3N6O4/c1-8(5-6-26)25(21)15-23-13(11(12(20)27)14(28)24-15)22-9-3-2-4-10(7-9)29-16(17,18)19/h2-4,6-8H,5,21H2,1H3,(H2,20,27)(H2,22,23,24,28)/t8-/m1/s1. The van der Waals surface area contributed by atoms with Crippen molar-refractivity contribution in [3.63, 3.8) is 0 Å². The molecule has 0 saturated heterocycles. The first-order chi connectivity index (χ1) is 13.5. The normalized spacial score (nSPS) is 12.2. The van der Waals surface area contributed by atoms with Crippen molar-refractivity contribution in [2.45, 2.75) is 25.7 Å². The summed E-state index contributed by atoms with van der Waals surface area (Å²) in [5, 5.41) is 3.55.